The van der Waals surface area contributed by atoms with E-state index in [-0.39, 0.29) is 27.5 Å². The van der Waals surface area contributed by atoms with Crippen molar-refractivity contribution < 1.29 is 13.9 Å². The van der Waals surface area contributed by atoms with Crippen LogP contribution in [-0.4, -0.2) is 9.67 Å². The number of fused-ring (bicyclic) bond motifs is 2. The zero-order valence-corrected chi connectivity index (χ0v) is 15.5. The predicted octanol–water partition coefficient (Wildman–Crippen LogP) is 4.22. The maximum atomic E-state index is 13.2. The van der Waals surface area contributed by atoms with Gasteiger partial charge in [0.2, 0.25) is 0 Å². The maximum absolute atomic E-state index is 13.2. The van der Waals surface area contributed by atoms with Crippen LogP contribution in [0.4, 0.5) is 4.39 Å². The molecule has 28 heavy (non-hydrogen) atoms. The number of rotatable bonds is 2. The van der Waals surface area contributed by atoms with Crippen LogP contribution in [0.1, 0.15) is 18.5 Å². The lowest BCUT2D eigenvalue weighted by Crippen LogP contribution is -2.22. The van der Waals surface area contributed by atoms with Gasteiger partial charge in [0.1, 0.15) is 16.1 Å². The number of hydrogen-bond donors (Lipinski definition) is 1. The fourth-order valence-corrected chi connectivity index (χ4v) is 4.71. The monoisotopic (exact) mass is 395 g/mol. The van der Waals surface area contributed by atoms with Gasteiger partial charge in [0.15, 0.2) is 11.3 Å². The van der Waals surface area contributed by atoms with Crippen LogP contribution in [0.2, 0.25) is 0 Å². The van der Waals surface area contributed by atoms with Crippen molar-refractivity contribution in [2.75, 3.05) is 0 Å². The maximum Gasteiger partial charge on any atom is 0.354 e. The second kappa shape index (κ2) is 5.97. The van der Waals surface area contributed by atoms with E-state index in [0.29, 0.717) is 16.7 Å². The van der Waals surface area contributed by atoms with Gasteiger partial charge in [-0.05, 0) is 49.2 Å². The van der Waals surface area contributed by atoms with Crippen LogP contribution in [0, 0.1) is 5.82 Å². The minimum absolute atomic E-state index is 0.0115. The Morgan fingerprint density at radius 3 is 2.68 bits per heavy atom. The van der Waals surface area contributed by atoms with Gasteiger partial charge in [-0.15, -0.1) is 0 Å². The highest BCUT2D eigenvalue weighted by molar-refractivity contribution is 7.99. The minimum Gasteiger partial charge on any atom is -0.505 e. The second-order valence-electron chi connectivity index (χ2n) is 6.87. The first-order valence-electron chi connectivity index (χ1n) is 8.75. The Kier molecular flexibility index (Phi) is 3.64. The molecular formula is C21H14FNO4S. The third-order valence-electron chi connectivity index (χ3n) is 5.09. The van der Waals surface area contributed by atoms with Gasteiger partial charge < -0.3 is 14.1 Å². The van der Waals surface area contributed by atoms with Crippen LogP contribution in [0.5, 0.6) is 5.75 Å². The number of aromatic hydroxyl groups is 1. The highest BCUT2D eigenvalue weighted by Crippen LogP contribution is 2.39. The van der Waals surface area contributed by atoms with Crippen molar-refractivity contribution in [2.24, 2.45) is 0 Å². The number of hydrogen-bond acceptors (Lipinski definition) is 5. The molecule has 140 valence electrons. The van der Waals surface area contributed by atoms with E-state index in [2.05, 4.69) is 0 Å². The van der Waals surface area contributed by atoms with E-state index in [4.69, 9.17) is 4.42 Å². The van der Waals surface area contributed by atoms with Gasteiger partial charge in [-0.1, -0.05) is 23.9 Å². The average Bonchev–Trinajstić information content (AvgIpc) is 3.01. The molecule has 1 atom stereocenters. The molecule has 1 aliphatic heterocycles. The third kappa shape index (κ3) is 2.32. The van der Waals surface area contributed by atoms with Gasteiger partial charge in [0.05, 0.1) is 5.52 Å². The van der Waals surface area contributed by atoms with E-state index in [0.717, 1.165) is 22.8 Å². The SMILES string of the molecule is CC1Cc2cccc3c4oc(=O)c(Sc5ccc(F)cc5)c(O)c4c(=O)n1c23. The number of para-hydroxylation sites is 1. The summed E-state index contributed by atoms with van der Waals surface area (Å²) in [5, 5.41) is 11.5. The van der Waals surface area contributed by atoms with Gasteiger partial charge in [-0.2, -0.15) is 0 Å². The Morgan fingerprint density at radius 1 is 1.18 bits per heavy atom. The molecular weight excluding hydrogens is 381 g/mol. The van der Waals surface area contributed by atoms with Crippen LogP contribution < -0.4 is 11.2 Å². The zero-order chi connectivity index (χ0) is 19.6. The number of nitrogens with zero attached hydrogens (tertiary/aromatic N) is 1. The molecule has 5 rings (SSSR count). The summed E-state index contributed by atoms with van der Waals surface area (Å²) < 4.78 is 20.3. The molecule has 2 aromatic heterocycles. The largest absolute Gasteiger partial charge is 0.505 e. The number of aromatic nitrogens is 1. The molecule has 1 N–H and O–H groups in total. The summed E-state index contributed by atoms with van der Waals surface area (Å²) in [4.78, 5) is 26.2. The molecule has 7 heteroatoms. The van der Waals surface area contributed by atoms with Crippen molar-refractivity contribution in [1.29, 1.82) is 0 Å². The van der Waals surface area contributed by atoms with Crippen molar-refractivity contribution >= 4 is 33.6 Å². The lowest BCUT2D eigenvalue weighted by Gasteiger charge is -2.13. The Hall–Kier alpha value is -3.06. The fraction of sp³-hybridized carbons (Fsp3) is 0.143. The van der Waals surface area contributed by atoms with Crippen LogP contribution in [0.15, 0.2) is 66.3 Å². The quantitative estimate of drug-likeness (QED) is 0.515. The van der Waals surface area contributed by atoms with Gasteiger partial charge in [-0.25, -0.2) is 9.18 Å². The first-order valence-corrected chi connectivity index (χ1v) is 9.56. The Balaban J connectivity index is 1.84. The van der Waals surface area contributed by atoms with Crippen molar-refractivity contribution in [1.82, 2.24) is 4.57 Å². The molecule has 0 saturated heterocycles. The van der Waals surface area contributed by atoms with E-state index >= 15 is 0 Å². The molecule has 0 fully saturated rings. The molecule has 0 amide bonds. The molecule has 4 aromatic rings. The molecule has 0 bridgehead atoms. The van der Waals surface area contributed by atoms with Crippen molar-refractivity contribution in [3.8, 4) is 5.75 Å². The van der Waals surface area contributed by atoms with Gasteiger partial charge in [0.25, 0.3) is 5.56 Å². The third-order valence-corrected chi connectivity index (χ3v) is 6.16. The highest BCUT2D eigenvalue weighted by atomic mass is 32.2. The Bertz CT molecular complexity index is 1390. The smallest absolute Gasteiger partial charge is 0.354 e. The molecule has 0 aliphatic carbocycles. The summed E-state index contributed by atoms with van der Waals surface area (Å²) >= 11 is 0.935. The standard InChI is InChI=1S/C21H14FNO4S/c1-10-9-11-3-2-4-14-16(11)23(10)20(25)15-17(24)19(21(26)27-18(14)15)28-13-7-5-12(22)6-8-13/h2-8,10,24H,9H2,1H3. The van der Waals surface area contributed by atoms with Crippen LogP contribution in [-0.2, 0) is 6.42 Å². The van der Waals surface area contributed by atoms with Crippen LogP contribution in [0.3, 0.4) is 0 Å². The van der Waals surface area contributed by atoms with E-state index in [1.54, 1.807) is 10.6 Å². The molecule has 0 spiro atoms. The summed E-state index contributed by atoms with van der Waals surface area (Å²) in [6, 6.07) is 11.0. The topological polar surface area (TPSA) is 72.4 Å². The molecule has 0 saturated carbocycles. The number of pyridine rings is 1. The predicted molar refractivity (Wildman–Crippen MR) is 105 cm³/mol. The van der Waals surface area contributed by atoms with E-state index in [1.807, 2.05) is 19.1 Å². The first-order chi connectivity index (χ1) is 13.5. The van der Waals surface area contributed by atoms with Gasteiger partial charge >= 0.3 is 5.63 Å². The van der Waals surface area contributed by atoms with E-state index in [9.17, 15) is 19.1 Å². The molecule has 2 aromatic carbocycles. The molecule has 5 nitrogen and oxygen atoms in total. The normalized spacial score (nSPS) is 15.6. The molecule has 0 radical (unpaired) electrons. The molecule has 1 aliphatic rings. The fourth-order valence-electron chi connectivity index (χ4n) is 3.88. The van der Waals surface area contributed by atoms with E-state index in [1.165, 1.54) is 24.3 Å². The van der Waals surface area contributed by atoms with Gasteiger partial charge in [-0.3, -0.25) is 4.79 Å². The van der Waals surface area contributed by atoms with Crippen molar-refractivity contribution in [2.45, 2.75) is 29.2 Å². The average molecular weight is 395 g/mol. The molecule has 1 unspecified atom stereocenters. The minimum atomic E-state index is -0.740. The lowest BCUT2D eigenvalue weighted by atomic mass is 10.1. The summed E-state index contributed by atoms with van der Waals surface area (Å²) in [5.41, 5.74) is 0.723. The summed E-state index contributed by atoms with van der Waals surface area (Å²) in [7, 11) is 0. The van der Waals surface area contributed by atoms with E-state index < -0.39 is 17.2 Å². The summed E-state index contributed by atoms with van der Waals surface area (Å²) in [5.74, 6) is -0.808. The summed E-state index contributed by atoms with van der Waals surface area (Å²) in [6.07, 6.45) is 0.699. The van der Waals surface area contributed by atoms with Crippen molar-refractivity contribution in [3.05, 3.63) is 74.6 Å². The first kappa shape index (κ1) is 17.1. The second-order valence-corrected chi connectivity index (χ2v) is 7.95. The lowest BCUT2D eigenvalue weighted by molar-refractivity contribution is 0.446. The highest BCUT2D eigenvalue weighted by Gasteiger charge is 2.28. The van der Waals surface area contributed by atoms with Gasteiger partial charge in [0, 0.05) is 16.3 Å². The Labute approximate surface area is 162 Å². The molecule has 3 heterocycles. The zero-order valence-electron chi connectivity index (χ0n) is 14.7. The summed E-state index contributed by atoms with van der Waals surface area (Å²) in [6.45, 7) is 1.94. The number of halogens is 1. The van der Waals surface area contributed by atoms with Crippen LogP contribution in [0.25, 0.3) is 21.9 Å². The Morgan fingerprint density at radius 2 is 1.93 bits per heavy atom. The number of benzene rings is 2. The van der Waals surface area contributed by atoms with Crippen molar-refractivity contribution in [3.63, 3.8) is 0 Å². The van der Waals surface area contributed by atoms with Crippen LogP contribution >= 0.6 is 11.8 Å².